The van der Waals surface area contributed by atoms with E-state index in [0.717, 1.165) is 12.1 Å². The molecule has 1 aromatic heterocycles. The lowest BCUT2D eigenvalue weighted by atomic mass is 10.2. The average Bonchev–Trinajstić information content (AvgIpc) is 2.85. The summed E-state index contributed by atoms with van der Waals surface area (Å²) in [6, 6.07) is 6.69. The van der Waals surface area contributed by atoms with Crippen molar-refractivity contribution in [2.75, 3.05) is 0 Å². The second-order valence-corrected chi connectivity index (χ2v) is 6.50. The molecule has 9 heteroatoms. The predicted octanol–water partition coefficient (Wildman–Crippen LogP) is 1.88. The van der Waals surface area contributed by atoms with Gasteiger partial charge >= 0.3 is 5.76 Å². The number of rotatable bonds is 4. The van der Waals surface area contributed by atoms with Crippen LogP contribution >= 0.6 is 0 Å². The predicted molar refractivity (Wildman–Crippen MR) is 77.2 cm³/mol. The van der Waals surface area contributed by atoms with Crippen molar-refractivity contribution in [2.24, 2.45) is 0 Å². The molecule has 2 N–H and O–H groups in total. The number of oxazole rings is 1. The first-order chi connectivity index (χ1) is 10.8. The van der Waals surface area contributed by atoms with Crippen molar-refractivity contribution >= 4 is 21.1 Å². The van der Waals surface area contributed by atoms with Gasteiger partial charge in [0.15, 0.2) is 5.58 Å². The van der Waals surface area contributed by atoms with Gasteiger partial charge in [0, 0.05) is 24.2 Å². The van der Waals surface area contributed by atoms with Gasteiger partial charge in [-0.1, -0.05) is 6.07 Å². The molecular formula is C14H10F2N2O4S. The fourth-order valence-corrected chi connectivity index (χ4v) is 3.04. The van der Waals surface area contributed by atoms with E-state index in [4.69, 9.17) is 4.42 Å². The van der Waals surface area contributed by atoms with Crippen LogP contribution in [0.3, 0.4) is 0 Å². The fourth-order valence-electron chi connectivity index (χ4n) is 2.01. The molecule has 0 fully saturated rings. The van der Waals surface area contributed by atoms with Gasteiger partial charge in [-0.2, -0.15) is 0 Å². The molecule has 0 aliphatic heterocycles. The van der Waals surface area contributed by atoms with Crippen molar-refractivity contribution in [1.29, 1.82) is 0 Å². The maximum absolute atomic E-state index is 13.5. The molecule has 1 heterocycles. The highest BCUT2D eigenvalue weighted by atomic mass is 32.2. The summed E-state index contributed by atoms with van der Waals surface area (Å²) in [6.07, 6.45) is 0. The van der Waals surface area contributed by atoms with Crippen LogP contribution in [-0.2, 0) is 16.6 Å². The molecule has 0 unspecified atom stereocenters. The van der Waals surface area contributed by atoms with Crippen LogP contribution in [0.2, 0.25) is 0 Å². The second-order valence-electron chi connectivity index (χ2n) is 4.73. The van der Waals surface area contributed by atoms with Crippen LogP contribution in [0.4, 0.5) is 8.78 Å². The van der Waals surface area contributed by atoms with Crippen LogP contribution in [-0.4, -0.2) is 13.4 Å². The number of hydrogen-bond acceptors (Lipinski definition) is 4. The highest BCUT2D eigenvalue weighted by Crippen LogP contribution is 2.17. The Labute approximate surface area is 128 Å². The number of benzene rings is 2. The summed E-state index contributed by atoms with van der Waals surface area (Å²) in [4.78, 5) is 13.3. The minimum Gasteiger partial charge on any atom is -0.408 e. The van der Waals surface area contributed by atoms with E-state index in [9.17, 15) is 22.0 Å². The van der Waals surface area contributed by atoms with Gasteiger partial charge in [0.1, 0.15) is 11.6 Å². The van der Waals surface area contributed by atoms with E-state index in [-0.39, 0.29) is 22.6 Å². The van der Waals surface area contributed by atoms with Crippen LogP contribution in [0, 0.1) is 11.6 Å². The molecule has 0 atom stereocenters. The third-order valence-corrected chi connectivity index (χ3v) is 4.57. The number of aromatic amines is 1. The molecule has 0 saturated heterocycles. The molecule has 0 radical (unpaired) electrons. The summed E-state index contributed by atoms with van der Waals surface area (Å²) in [5.41, 5.74) is 0.452. The second kappa shape index (κ2) is 5.60. The Hall–Kier alpha value is -2.52. The monoisotopic (exact) mass is 340 g/mol. The Bertz CT molecular complexity index is 1040. The minimum absolute atomic E-state index is 0.00392. The molecule has 0 saturated carbocycles. The summed E-state index contributed by atoms with van der Waals surface area (Å²) >= 11 is 0. The lowest BCUT2D eigenvalue weighted by molar-refractivity contribution is 0.552. The topological polar surface area (TPSA) is 92.2 Å². The normalized spacial score (nSPS) is 11.9. The lowest BCUT2D eigenvalue weighted by Gasteiger charge is -2.07. The number of aromatic nitrogens is 1. The number of H-pyrrole nitrogens is 1. The van der Waals surface area contributed by atoms with Crippen molar-refractivity contribution < 1.29 is 21.6 Å². The summed E-state index contributed by atoms with van der Waals surface area (Å²) < 4.78 is 57.7. The van der Waals surface area contributed by atoms with Crippen molar-refractivity contribution in [1.82, 2.24) is 9.71 Å². The molecule has 23 heavy (non-hydrogen) atoms. The Morgan fingerprint density at radius 2 is 1.91 bits per heavy atom. The molecule has 3 rings (SSSR count). The average molecular weight is 340 g/mol. The molecule has 0 amide bonds. The van der Waals surface area contributed by atoms with Crippen LogP contribution in [0.1, 0.15) is 5.56 Å². The zero-order chi connectivity index (χ0) is 16.6. The van der Waals surface area contributed by atoms with E-state index in [2.05, 4.69) is 9.71 Å². The molecule has 2 aromatic carbocycles. The van der Waals surface area contributed by atoms with Crippen molar-refractivity contribution in [3.63, 3.8) is 0 Å². The molecule has 0 spiro atoms. The maximum atomic E-state index is 13.5. The van der Waals surface area contributed by atoms with Gasteiger partial charge in [-0.05, 0) is 18.2 Å². The Balaban J connectivity index is 1.86. The molecule has 3 aromatic rings. The van der Waals surface area contributed by atoms with Gasteiger partial charge in [0.25, 0.3) is 0 Å². The summed E-state index contributed by atoms with van der Waals surface area (Å²) in [5, 5.41) is 0. The van der Waals surface area contributed by atoms with E-state index in [1.807, 2.05) is 0 Å². The quantitative estimate of drug-likeness (QED) is 0.758. The smallest absolute Gasteiger partial charge is 0.408 e. The third-order valence-electron chi connectivity index (χ3n) is 3.17. The highest BCUT2D eigenvalue weighted by Gasteiger charge is 2.16. The molecule has 0 bridgehead atoms. The van der Waals surface area contributed by atoms with Gasteiger partial charge in [0.2, 0.25) is 10.0 Å². The fraction of sp³-hybridized carbons (Fsp3) is 0.0714. The van der Waals surface area contributed by atoms with Crippen molar-refractivity contribution in [3.8, 4) is 0 Å². The van der Waals surface area contributed by atoms with Gasteiger partial charge < -0.3 is 4.42 Å². The Morgan fingerprint density at radius 3 is 2.65 bits per heavy atom. The number of sulfonamides is 1. The molecule has 0 aliphatic carbocycles. The lowest BCUT2D eigenvalue weighted by Crippen LogP contribution is -2.23. The van der Waals surface area contributed by atoms with E-state index >= 15 is 0 Å². The van der Waals surface area contributed by atoms with Crippen LogP contribution < -0.4 is 10.5 Å². The maximum Gasteiger partial charge on any atom is 0.417 e. The van der Waals surface area contributed by atoms with Crippen LogP contribution in [0.25, 0.3) is 11.1 Å². The number of fused-ring (bicyclic) bond motifs is 1. The zero-order valence-electron chi connectivity index (χ0n) is 11.5. The summed E-state index contributed by atoms with van der Waals surface area (Å²) in [7, 11) is -3.95. The number of hydrogen-bond donors (Lipinski definition) is 2. The molecular weight excluding hydrogens is 330 g/mol. The van der Waals surface area contributed by atoms with Gasteiger partial charge in [-0.25, -0.2) is 26.7 Å². The van der Waals surface area contributed by atoms with E-state index in [1.54, 1.807) is 0 Å². The molecule has 120 valence electrons. The van der Waals surface area contributed by atoms with Crippen molar-refractivity contribution in [3.05, 3.63) is 64.1 Å². The number of halogens is 2. The zero-order valence-corrected chi connectivity index (χ0v) is 12.3. The largest absolute Gasteiger partial charge is 0.417 e. The number of nitrogens with one attached hydrogen (secondary N) is 2. The molecule has 6 nitrogen and oxygen atoms in total. The van der Waals surface area contributed by atoms with Crippen LogP contribution in [0.5, 0.6) is 0 Å². The third kappa shape index (κ3) is 3.15. The van der Waals surface area contributed by atoms with E-state index < -0.39 is 27.4 Å². The van der Waals surface area contributed by atoms with Gasteiger partial charge in [-0.3, -0.25) is 4.98 Å². The minimum atomic E-state index is -3.95. The van der Waals surface area contributed by atoms with Gasteiger partial charge in [0.05, 0.1) is 10.4 Å². The SMILES string of the molecule is O=c1[nH]c2ccc(S(=O)(=O)NCc3ccc(F)cc3F)cc2o1. The highest BCUT2D eigenvalue weighted by molar-refractivity contribution is 7.89. The summed E-state index contributed by atoms with van der Waals surface area (Å²) in [5.74, 6) is -2.29. The molecule has 0 aliphatic rings. The van der Waals surface area contributed by atoms with Crippen molar-refractivity contribution in [2.45, 2.75) is 11.4 Å². The summed E-state index contributed by atoms with van der Waals surface area (Å²) in [6.45, 7) is -0.344. The Morgan fingerprint density at radius 1 is 1.13 bits per heavy atom. The Kier molecular flexibility index (Phi) is 3.74. The van der Waals surface area contributed by atoms with Crippen LogP contribution in [0.15, 0.2) is 50.5 Å². The first-order valence-corrected chi connectivity index (χ1v) is 7.90. The van der Waals surface area contributed by atoms with Gasteiger partial charge in [-0.15, -0.1) is 0 Å². The first kappa shape index (κ1) is 15.4. The van der Waals surface area contributed by atoms with E-state index in [0.29, 0.717) is 11.6 Å². The van der Waals surface area contributed by atoms with E-state index in [1.165, 1.54) is 18.2 Å². The first-order valence-electron chi connectivity index (χ1n) is 6.42. The standard InChI is InChI=1S/C14H10F2N2O4S/c15-9-2-1-8(11(16)5-9)7-17-23(20,21)10-3-4-12-13(6-10)22-14(19)18-12/h1-6,17H,7H2,(H,18,19).